The molecule has 0 saturated heterocycles. The van der Waals surface area contributed by atoms with Crippen molar-refractivity contribution < 1.29 is 14.2 Å². The predicted octanol–water partition coefficient (Wildman–Crippen LogP) is 4.33. The maximum Gasteiger partial charge on any atom is 0.501 e. The van der Waals surface area contributed by atoms with Gasteiger partial charge in [-0.3, -0.25) is 0 Å². The number of nitriles is 1. The maximum absolute atomic E-state index is 13.4. The molecule has 30 heavy (non-hydrogen) atoms. The van der Waals surface area contributed by atoms with Crippen LogP contribution in [0.3, 0.4) is 0 Å². The first kappa shape index (κ1) is 20.1. The fraction of sp³-hybridized carbons (Fsp3) is 0.250. The normalized spacial score (nSPS) is 18.7. The molecule has 0 fully saturated rings. The van der Waals surface area contributed by atoms with Gasteiger partial charge >= 0.3 is 11.9 Å². The molecule has 2 aliphatic heterocycles. The van der Waals surface area contributed by atoms with Crippen LogP contribution in [0.2, 0.25) is 0 Å². The lowest BCUT2D eigenvalue weighted by molar-refractivity contribution is -0.454. The monoisotopic (exact) mass is 416 g/mol. The zero-order valence-electron chi connectivity index (χ0n) is 17.0. The van der Waals surface area contributed by atoms with E-state index in [9.17, 15) is 14.9 Å². The average molecular weight is 417 g/mol. The summed E-state index contributed by atoms with van der Waals surface area (Å²) in [5.41, 5.74) is 3.40. The molecular formula is C24H22N3O2S+. The van der Waals surface area contributed by atoms with E-state index in [2.05, 4.69) is 6.07 Å². The van der Waals surface area contributed by atoms with Crippen molar-refractivity contribution in [1.82, 2.24) is 4.90 Å². The van der Waals surface area contributed by atoms with E-state index in [4.69, 9.17) is 0 Å². The number of hydrogen-bond donors (Lipinski definition) is 0. The van der Waals surface area contributed by atoms with Gasteiger partial charge < -0.3 is 0 Å². The van der Waals surface area contributed by atoms with Gasteiger partial charge in [-0.2, -0.15) is 19.5 Å². The van der Waals surface area contributed by atoms with Gasteiger partial charge in [-0.15, -0.1) is 0 Å². The highest BCUT2D eigenvalue weighted by Crippen LogP contribution is 2.41. The lowest BCUT2D eigenvalue weighted by atomic mass is 9.97. The molecule has 2 aliphatic rings. The number of fused-ring (bicyclic) bond motifs is 1. The summed E-state index contributed by atoms with van der Waals surface area (Å²) in [6, 6.07) is 19.0. The molecule has 150 valence electrons. The molecule has 5 nitrogen and oxygen atoms in total. The first-order valence-corrected chi connectivity index (χ1v) is 10.7. The summed E-state index contributed by atoms with van der Waals surface area (Å²) in [5.74, 6) is -0.574. The van der Waals surface area contributed by atoms with Gasteiger partial charge in [0, 0.05) is 12.0 Å². The van der Waals surface area contributed by atoms with Crippen molar-refractivity contribution in [2.75, 3.05) is 6.54 Å². The van der Waals surface area contributed by atoms with Crippen molar-refractivity contribution in [3.63, 3.8) is 0 Å². The van der Waals surface area contributed by atoms with Crippen LogP contribution in [0.15, 0.2) is 65.1 Å². The van der Waals surface area contributed by atoms with Gasteiger partial charge in [0.25, 0.3) is 0 Å². The quantitative estimate of drug-likeness (QED) is 0.681. The number of thioether (sulfide) groups is 1. The second-order valence-corrected chi connectivity index (χ2v) is 8.71. The maximum atomic E-state index is 13.4. The molecule has 2 heterocycles. The Labute approximate surface area is 180 Å². The van der Waals surface area contributed by atoms with E-state index >= 15 is 0 Å². The SMILES string of the molecule is CC1=C(C)C2C(=O)N(CCc3ccccc3)C(=O)[N+](Cc3ccccc3C#N)=C2S1. The fourth-order valence-corrected chi connectivity index (χ4v) is 5.09. The van der Waals surface area contributed by atoms with Crippen molar-refractivity contribution in [3.05, 3.63) is 81.8 Å². The second-order valence-electron chi connectivity index (χ2n) is 7.48. The van der Waals surface area contributed by atoms with Gasteiger partial charge in [-0.25, -0.2) is 4.79 Å². The van der Waals surface area contributed by atoms with Crippen LogP contribution in [0.5, 0.6) is 0 Å². The van der Waals surface area contributed by atoms with E-state index in [1.54, 1.807) is 10.6 Å². The lowest BCUT2D eigenvalue weighted by Crippen LogP contribution is -2.53. The van der Waals surface area contributed by atoms with Crippen LogP contribution in [0.1, 0.15) is 30.5 Å². The molecule has 0 bridgehead atoms. The van der Waals surface area contributed by atoms with Crippen LogP contribution < -0.4 is 0 Å². The highest BCUT2D eigenvalue weighted by Gasteiger charge is 2.51. The Balaban J connectivity index is 1.70. The molecule has 3 amide bonds. The van der Waals surface area contributed by atoms with Gasteiger partial charge in [0.15, 0.2) is 11.0 Å². The van der Waals surface area contributed by atoms with E-state index < -0.39 is 5.92 Å². The van der Waals surface area contributed by atoms with Gasteiger partial charge in [0.2, 0.25) is 0 Å². The number of carbonyl (C=O) groups is 2. The van der Waals surface area contributed by atoms with E-state index in [1.807, 2.05) is 62.4 Å². The summed E-state index contributed by atoms with van der Waals surface area (Å²) in [6.07, 6.45) is 0.609. The Kier molecular flexibility index (Phi) is 5.56. The third-order valence-electron chi connectivity index (χ3n) is 5.67. The van der Waals surface area contributed by atoms with Crippen LogP contribution in [0.4, 0.5) is 4.79 Å². The molecule has 0 N–H and O–H groups in total. The number of imide groups is 1. The Morgan fingerprint density at radius 3 is 2.50 bits per heavy atom. The predicted molar refractivity (Wildman–Crippen MR) is 117 cm³/mol. The molecule has 0 spiro atoms. The molecule has 2 aromatic carbocycles. The van der Waals surface area contributed by atoms with Gasteiger partial charge in [-0.1, -0.05) is 60.3 Å². The largest absolute Gasteiger partial charge is 0.501 e. The zero-order chi connectivity index (χ0) is 21.3. The third-order valence-corrected chi connectivity index (χ3v) is 6.96. The number of urea groups is 1. The van der Waals surface area contributed by atoms with Crippen LogP contribution >= 0.6 is 11.8 Å². The number of hydrogen-bond acceptors (Lipinski definition) is 4. The summed E-state index contributed by atoms with van der Waals surface area (Å²) in [4.78, 5) is 29.1. The molecule has 0 aliphatic carbocycles. The van der Waals surface area contributed by atoms with Crippen LogP contribution in [0.25, 0.3) is 0 Å². The average Bonchev–Trinajstić information content (AvgIpc) is 3.06. The summed E-state index contributed by atoms with van der Waals surface area (Å²) < 4.78 is 1.68. The van der Waals surface area contributed by atoms with Crippen molar-refractivity contribution >= 4 is 28.7 Å². The van der Waals surface area contributed by atoms with Gasteiger partial charge in [-0.05, 0) is 36.0 Å². The highest BCUT2D eigenvalue weighted by molar-refractivity contribution is 8.17. The van der Waals surface area contributed by atoms with Gasteiger partial charge in [0.05, 0.1) is 11.6 Å². The Morgan fingerprint density at radius 1 is 1.07 bits per heavy atom. The molecule has 1 unspecified atom stereocenters. The minimum absolute atomic E-state index is 0.155. The zero-order valence-corrected chi connectivity index (χ0v) is 17.8. The Bertz CT molecular complexity index is 1130. The summed E-state index contributed by atoms with van der Waals surface area (Å²) in [7, 11) is 0. The number of rotatable bonds is 5. The van der Waals surface area contributed by atoms with Crippen LogP contribution in [-0.4, -0.2) is 33.0 Å². The topological polar surface area (TPSA) is 64.2 Å². The summed E-state index contributed by atoms with van der Waals surface area (Å²) >= 11 is 1.49. The molecule has 1 atom stereocenters. The minimum atomic E-state index is -0.419. The number of amides is 3. The molecule has 2 aromatic rings. The highest BCUT2D eigenvalue weighted by atomic mass is 32.2. The minimum Gasteiger partial charge on any atom is -0.245 e. The van der Waals surface area contributed by atoms with Crippen molar-refractivity contribution in [3.8, 4) is 6.07 Å². The molecule has 0 saturated carbocycles. The molecule has 0 aromatic heterocycles. The number of nitrogens with zero attached hydrogens (tertiary/aromatic N) is 3. The standard InChI is InChI=1S/C24H22N3O2S/c1-16-17(2)30-23-21(16)22(28)26(13-12-18-8-4-3-5-9-18)24(29)27(23)15-20-11-7-6-10-19(20)14-25/h3-11,21H,12-13,15H2,1-2H3/q+1. The lowest BCUT2D eigenvalue weighted by Gasteiger charge is -2.25. The summed E-state index contributed by atoms with van der Waals surface area (Å²) in [5, 5.41) is 10.2. The van der Waals surface area contributed by atoms with Crippen molar-refractivity contribution in [2.24, 2.45) is 5.92 Å². The molecular weight excluding hydrogens is 394 g/mol. The molecule has 0 radical (unpaired) electrons. The van der Waals surface area contributed by atoms with E-state index in [1.165, 1.54) is 16.7 Å². The van der Waals surface area contributed by atoms with E-state index in [-0.39, 0.29) is 18.5 Å². The van der Waals surface area contributed by atoms with Crippen LogP contribution in [-0.2, 0) is 17.8 Å². The van der Waals surface area contributed by atoms with E-state index in [0.717, 1.165) is 26.6 Å². The second kappa shape index (κ2) is 8.29. The fourth-order valence-electron chi connectivity index (χ4n) is 3.85. The van der Waals surface area contributed by atoms with E-state index in [0.29, 0.717) is 18.5 Å². The number of allylic oxidation sites excluding steroid dienone is 1. The Hall–Kier alpha value is -3.17. The van der Waals surface area contributed by atoms with Crippen molar-refractivity contribution in [2.45, 2.75) is 26.8 Å². The summed E-state index contributed by atoms with van der Waals surface area (Å²) in [6.45, 7) is 4.55. The first-order valence-electron chi connectivity index (χ1n) is 9.88. The Morgan fingerprint density at radius 2 is 1.77 bits per heavy atom. The smallest absolute Gasteiger partial charge is 0.245 e. The number of carbonyl (C=O) groups excluding carboxylic acids is 2. The first-order chi connectivity index (χ1) is 14.5. The van der Waals surface area contributed by atoms with Crippen molar-refractivity contribution in [1.29, 1.82) is 5.26 Å². The van der Waals surface area contributed by atoms with Gasteiger partial charge in [0.1, 0.15) is 13.1 Å². The number of benzene rings is 2. The van der Waals surface area contributed by atoms with Crippen LogP contribution in [0, 0.1) is 17.2 Å². The molecule has 6 heteroatoms. The molecule has 4 rings (SSSR count). The third kappa shape index (κ3) is 3.57.